The Balaban J connectivity index is 1.25. The molecule has 0 amide bonds. The molecule has 0 unspecified atom stereocenters. The number of fused-ring (bicyclic) bond motifs is 2. The van der Waals surface area contributed by atoms with Gasteiger partial charge < -0.3 is 14.0 Å². The van der Waals surface area contributed by atoms with Crippen molar-refractivity contribution in [3.8, 4) is 78.9 Å². The zero-order valence-electron chi connectivity index (χ0n) is 48.6. The van der Waals surface area contributed by atoms with Gasteiger partial charge in [0.05, 0.1) is 42.2 Å². The highest BCUT2D eigenvalue weighted by molar-refractivity contribution is 7.86. The Morgan fingerprint density at radius 3 is 1.26 bits per heavy atom. The average molecular weight is 1250 g/mol. The number of aromatic nitrogens is 2. The van der Waals surface area contributed by atoms with Crippen molar-refractivity contribution in [2.45, 2.75) is 54.2 Å². The third kappa shape index (κ3) is 10.4. The van der Waals surface area contributed by atoms with Gasteiger partial charge in [-0.05, 0) is 112 Å². The van der Waals surface area contributed by atoms with E-state index in [0.29, 0.717) is 38.8 Å². The molecule has 0 saturated carbocycles. The summed E-state index contributed by atoms with van der Waals surface area (Å²) in [6.07, 6.45) is 0. The molecule has 0 saturated heterocycles. The molecular formula is C72H54N2O13S3. The van der Waals surface area contributed by atoms with Gasteiger partial charge >= 0.3 is 0 Å². The zero-order chi connectivity index (χ0) is 63.1. The molecule has 13 aromatic rings. The largest absolute Gasteiger partial charge is 0.455 e. The second-order valence-electron chi connectivity index (χ2n) is 22.5. The summed E-state index contributed by atoms with van der Waals surface area (Å²) in [7, 11) is -14.6. The van der Waals surface area contributed by atoms with E-state index in [2.05, 4.69) is 0 Å². The summed E-state index contributed by atoms with van der Waals surface area (Å²) in [5, 5.41) is 1.83. The highest BCUT2D eigenvalue weighted by atomic mass is 32.2. The van der Waals surface area contributed by atoms with E-state index in [1.54, 1.807) is 6.07 Å². The molecular weight excluding hydrogens is 1200 g/mol. The Morgan fingerprint density at radius 1 is 0.367 bits per heavy atom. The molecule has 0 bridgehead atoms. The number of para-hydroxylation sites is 4. The van der Waals surface area contributed by atoms with Gasteiger partial charge in [-0.1, -0.05) is 185 Å². The predicted molar refractivity (Wildman–Crippen MR) is 351 cm³/mol. The van der Waals surface area contributed by atoms with Crippen molar-refractivity contribution in [3.63, 3.8) is 0 Å². The maximum absolute atomic E-state index is 16.4. The molecule has 0 radical (unpaired) electrons. The monoisotopic (exact) mass is 1250 g/mol. The normalized spacial score (nSPS) is 12.3. The van der Waals surface area contributed by atoms with Crippen LogP contribution in [0.1, 0.15) is 50.7 Å². The number of pyridine rings is 2. The van der Waals surface area contributed by atoms with E-state index < -0.39 is 56.2 Å². The molecule has 0 aliphatic heterocycles. The Morgan fingerprint density at radius 2 is 0.778 bits per heavy atom. The predicted octanol–water partition coefficient (Wildman–Crippen LogP) is 16.3. The van der Waals surface area contributed by atoms with Crippen LogP contribution in [-0.4, -0.2) is 48.0 Å². The summed E-state index contributed by atoms with van der Waals surface area (Å²) in [4.78, 5) is 31.1. The Hall–Kier alpha value is -10.1. The van der Waals surface area contributed by atoms with Crippen molar-refractivity contribution in [3.05, 3.63) is 256 Å². The summed E-state index contributed by atoms with van der Waals surface area (Å²) in [6, 6.07) is 62.9. The van der Waals surface area contributed by atoms with Gasteiger partial charge in [0.15, 0.2) is 5.75 Å². The number of hydrogen-bond donors (Lipinski definition) is 3. The minimum atomic E-state index is -5.11. The number of ether oxygens (including phenoxy) is 2. The summed E-state index contributed by atoms with van der Waals surface area (Å²) in [5.74, 6) is 0.0885. The molecule has 0 aliphatic rings. The molecule has 15 nitrogen and oxygen atoms in total. The van der Waals surface area contributed by atoms with Crippen LogP contribution in [0.4, 0.5) is 0 Å². The molecule has 2 heterocycles. The van der Waals surface area contributed by atoms with E-state index in [-0.39, 0.29) is 73.0 Å². The van der Waals surface area contributed by atoms with Crippen LogP contribution >= 0.6 is 0 Å². The van der Waals surface area contributed by atoms with Gasteiger partial charge in [0.25, 0.3) is 41.5 Å². The van der Waals surface area contributed by atoms with E-state index in [0.717, 1.165) is 69.8 Å². The Bertz CT molecular complexity index is 5340. The summed E-state index contributed by atoms with van der Waals surface area (Å²) < 4.78 is 126. The fourth-order valence-electron chi connectivity index (χ4n) is 12.2. The molecule has 448 valence electrons. The van der Waals surface area contributed by atoms with Crippen LogP contribution in [0.5, 0.6) is 23.0 Å². The van der Waals surface area contributed by atoms with E-state index in [9.17, 15) is 38.9 Å². The highest BCUT2D eigenvalue weighted by Crippen LogP contribution is 2.53. The molecule has 0 aliphatic carbocycles. The molecule has 2 aromatic heterocycles. The fraction of sp³-hybridized carbons (Fsp3) is 0.0833. The van der Waals surface area contributed by atoms with Crippen LogP contribution in [0.3, 0.4) is 0 Å². The van der Waals surface area contributed by atoms with Crippen LogP contribution in [-0.2, 0) is 30.4 Å². The lowest BCUT2D eigenvalue weighted by Gasteiger charge is -2.26. The Kier molecular flexibility index (Phi) is 14.7. The van der Waals surface area contributed by atoms with E-state index in [4.69, 9.17) is 9.47 Å². The third-order valence-electron chi connectivity index (χ3n) is 16.3. The van der Waals surface area contributed by atoms with Gasteiger partial charge in [0, 0.05) is 49.5 Å². The van der Waals surface area contributed by atoms with Crippen LogP contribution < -0.4 is 20.6 Å². The van der Waals surface area contributed by atoms with Gasteiger partial charge in [0.2, 0.25) is 0 Å². The lowest BCUT2D eigenvalue weighted by Crippen LogP contribution is -2.34. The number of hydrogen-bond acceptors (Lipinski definition) is 10. The minimum absolute atomic E-state index is 0.0223. The smallest absolute Gasteiger partial charge is 0.294 e. The van der Waals surface area contributed by atoms with Gasteiger partial charge in [-0.15, -0.1) is 0 Å². The average Bonchev–Trinajstić information content (AvgIpc) is 0.691. The lowest BCUT2D eigenvalue weighted by atomic mass is 9.91. The van der Waals surface area contributed by atoms with Crippen LogP contribution in [0.25, 0.3) is 99.2 Å². The highest BCUT2D eigenvalue weighted by Gasteiger charge is 2.32. The maximum atomic E-state index is 16.4. The van der Waals surface area contributed by atoms with Crippen molar-refractivity contribution in [1.82, 2.24) is 9.13 Å². The van der Waals surface area contributed by atoms with E-state index >= 15 is 9.59 Å². The van der Waals surface area contributed by atoms with Crippen molar-refractivity contribution < 1.29 is 48.4 Å². The summed E-state index contributed by atoms with van der Waals surface area (Å²) in [5.41, 5.74) is 5.17. The maximum Gasteiger partial charge on any atom is 0.294 e. The summed E-state index contributed by atoms with van der Waals surface area (Å²) in [6.45, 7) is 7.94. The number of rotatable bonds is 15. The molecule has 0 fully saturated rings. The molecule has 0 spiro atoms. The second-order valence-corrected chi connectivity index (χ2v) is 26.8. The standard InChI is InChI=1S/C72H54N2O13S3/c1-42(2)52-25-16-26-53(43(3)4)67(52)74-71(75)59-40-62(86-69-54(44-18-8-5-9-19-44)27-17-28-55(69)45-20-10-6-11-21-45)65-56-24-14-15-29-61(56)73(48-22-12-7-13-23-48)68-63(41-60(72(74)76)64(59)66(65)68)87-70-57(46-30-34-49(35-31-46)88(77,78)79)38-51(90(83,84)85)39-58(70)47-32-36-50(37-33-47)89(80,81)82/h5-43H,1-4H3,(H,77,78,79)(H,80,81,82)(H,83,84,85). The van der Waals surface area contributed by atoms with Crippen LogP contribution in [0, 0.1) is 0 Å². The number of benzene rings is 11. The van der Waals surface area contributed by atoms with Gasteiger partial charge in [-0.3, -0.25) is 23.2 Å². The quantitative estimate of drug-likeness (QED) is 0.0494. The van der Waals surface area contributed by atoms with Gasteiger partial charge in [-0.25, -0.2) is 4.57 Å². The van der Waals surface area contributed by atoms with Crippen LogP contribution in [0.15, 0.2) is 249 Å². The molecule has 3 N–H and O–H groups in total. The molecule has 90 heavy (non-hydrogen) atoms. The van der Waals surface area contributed by atoms with Gasteiger partial charge in [-0.2, -0.15) is 25.3 Å². The minimum Gasteiger partial charge on any atom is -0.455 e. The fourth-order valence-corrected chi connectivity index (χ4v) is 13.7. The first kappa shape index (κ1) is 58.9. The first-order valence-electron chi connectivity index (χ1n) is 28.6. The molecule has 18 heteroatoms. The van der Waals surface area contributed by atoms with Gasteiger partial charge in [0.1, 0.15) is 17.2 Å². The van der Waals surface area contributed by atoms with Crippen molar-refractivity contribution in [1.29, 1.82) is 0 Å². The molecule has 0 atom stereocenters. The zero-order valence-corrected chi connectivity index (χ0v) is 51.0. The molecule has 13 rings (SSSR count). The first-order valence-corrected chi connectivity index (χ1v) is 32.9. The van der Waals surface area contributed by atoms with E-state index in [1.165, 1.54) is 34.9 Å². The second kappa shape index (κ2) is 22.5. The SMILES string of the molecule is CC(C)c1cccc(C(C)C)c1-n1c(=O)c2cc(Oc3c(-c4ccccc4)cccc3-c3ccccc3)c3c4ccccc4n(-c4ccccc4)c4c(Oc5c(-c6ccc(S(=O)(=O)O)cc6)cc(S(=O)(=O)O)cc5-c5ccc(S(=O)(=O)O)cc5)cc(c1=O)c2c34. The topological polar surface area (TPSA) is 226 Å². The van der Waals surface area contributed by atoms with Crippen LogP contribution in [0.2, 0.25) is 0 Å². The van der Waals surface area contributed by atoms with Crippen molar-refractivity contribution >= 4 is 73.7 Å². The number of nitrogens with zero attached hydrogens (tertiary/aromatic N) is 2. The molecule has 11 aromatic carbocycles. The van der Waals surface area contributed by atoms with Crippen molar-refractivity contribution in [2.24, 2.45) is 0 Å². The first-order chi connectivity index (χ1) is 43.1. The summed E-state index contributed by atoms with van der Waals surface area (Å²) >= 11 is 0. The van der Waals surface area contributed by atoms with Crippen molar-refractivity contribution in [2.75, 3.05) is 0 Å². The third-order valence-corrected chi connectivity index (χ3v) is 18.9. The van der Waals surface area contributed by atoms with E-state index in [1.807, 2.05) is 184 Å². The lowest BCUT2D eigenvalue weighted by molar-refractivity contribution is 0.479. The Labute approximate surface area is 517 Å².